The van der Waals surface area contributed by atoms with Gasteiger partial charge in [-0.15, -0.1) is 0 Å². The van der Waals surface area contributed by atoms with Gasteiger partial charge in [0.2, 0.25) is 0 Å². The van der Waals surface area contributed by atoms with Gasteiger partial charge in [-0.2, -0.15) is 0 Å². The molecule has 0 saturated carbocycles. The minimum Gasteiger partial charge on any atom is -0.0720 e. The van der Waals surface area contributed by atoms with Crippen LogP contribution in [0.2, 0.25) is 0 Å². The minimum absolute atomic E-state index is 0.240. The van der Waals surface area contributed by atoms with Crippen molar-refractivity contribution >= 4 is 34.8 Å². The number of hydrogen-bond donors (Lipinski definition) is 0. The summed E-state index contributed by atoms with van der Waals surface area (Å²) in [4.78, 5) is 0. The zero-order chi connectivity index (χ0) is 23.4. The Morgan fingerprint density at radius 2 is 0.853 bits per heavy atom. The van der Waals surface area contributed by atoms with E-state index in [1.165, 1.54) is 38.2 Å². The average molecular weight is 478 g/mol. The molecule has 5 rings (SSSR count). The third kappa shape index (κ3) is 3.98. The van der Waals surface area contributed by atoms with Gasteiger partial charge in [0.25, 0.3) is 0 Å². The Morgan fingerprint density at radius 1 is 0.471 bits per heavy atom. The highest BCUT2D eigenvalue weighted by molar-refractivity contribution is 7.97. The van der Waals surface area contributed by atoms with Crippen molar-refractivity contribution in [3.8, 4) is 11.1 Å². The fourth-order valence-electron chi connectivity index (χ4n) is 4.86. The van der Waals surface area contributed by atoms with Crippen LogP contribution in [-0.2, 0) is 0 Å². The normalized spacial score (nSPS) is 12.3. The number of hydrogen-bond acceptors (Lipinski definition) is 0. The highest BCUT2D eigenvalue weighted by Gasteiger charge is 2.53. The molecule has 0 saturated heterocycles. The van der Waals surface area contributed by atoms with Crippen molar-refractivity contribution in [2.24, 2.45) is 0 Å². The molecular formula is C32H27ClP+. The molecule has 0 aliphatic carbocycles. The van der Waals surface area contributed by atoms with Crippen molar-refractivity contribution in [1.82, 2.24) is 0 Å². The molecule has 5 aromatic carbocycles. The molecule has 5 aromatic rings. The van der Waals surface area contributed by atoms with E-state index in [0.717, 1.165) is 0 Å². The molecular weight excluding hydrogens is 451 g/mol. The van der Waals surface area contributed by atoms with Crippen molar-refractivity contribution < 1.29 is 0 Å². The second-order valence-corrected chi connectivity index (χ2v) is 12.7. The molecule has 34 heavy (non-hydrogen) atoms. The standard InChI is InChI=1S/C32H27ClP/c1-25-15-11-12-22-29(25)30-23-13-14-24-31(30)32(33)34(26-16-5-2-6-17-26,27-18-7-3-8-19-27)28-20-9-4-10-21-28/h2-24,32H,1H3/q+1/t32-/m0/s1. The van der Waals surface area contributed by atoms with Gasteiger partial charge in [0.1, 0.15) is 23.2 Å². The van der Waals surface area contributed by atoms with Crippen LogP contribution in [0, 0.1) is 6.92 Å². The molecule has 1 atom stereocenters. The van der Waals surface area contributed by atoms with Crippen LogP contribution in [0.3, 0.4) is 0 Å². The Balaban J connectivity index is 1.84. The second kappa shape index (κ2) is 9.98. The highest BCUT2D eigenvalue weighted by Crippen LogP contribution is 2.69. The van der Waals surface area contributed by atoms with Crippen molar-refractivity contribution in [3.63, 3.8) is 0 Å². The van der Waals surface area contributed by atoms with E-state index in [0.29, 0.717) is 0 Å². The molecule has 0 N–H and O–H groups in total. The molecule has 166 valence electrons. The maximum atomic E-state index is 7.79. The third-order valence-corrected chi connectivity index (χ3v) is 11.9. The van der Waals surface area contributed by atoms with E-state index in [9.17, 15) is 0 Å². The fraction of sp³-hybridized carbons (Fsp3) is 0.0625. The Morgan fingerprint density at radius 3 is 1.32 bits per heavy atom. The first-order valence-electron chi connectivity index (χ1n) is 11.6. The average Bonchev–Trinajstić information content (AvgIpc) is 2.91. The molecule has 2 heteroatoms. The van der Waals surface area contributed by atoms with Gasteiger partial charge in [0.15, 0.2) is 5.12 Å². The SMILES string of the molecule is Cc1ccccc1-c1ccccc1[C@@H](Cl)[P+](c1ccccc1)(c1ccccc1)c1ccccc1. The van der Waals surface area contributed by atoms with Gasteiger partial charge in [-0.3, -0.25) is 0 Å². The fourth-order valence-corrected chi connectivity index (χ4v) is 10.3. The lowest BCUT2D eigenvalue weighted by Crippen LogP contribution is -2.33. The van der Waals surface area contributed by atoms with Crippen molar-refractivity contribution in [2.75, 3.05) is 0 Å². The molecule has 0 heterocycles. The summed E-state index contributed by atoms with van der Waals surface area (Å²) in [6, 6.07) is 49.8. The van der Waals surface area contributed by atoms with Crippen LogP contribution in [0.1, 0.15) is 16.2 Å². The van der Waals surface area contributed by atoms with E-state index in [1.807, 2.05) is 0 Å². The van der Waals surface area contributed by atoms with Gasteiger partial charge < -0.3 is 0 Å². The van der Waals surface area contributed by atoms with Crippen LogP contribution >= 0.6 is 18.9 Å². The molecule has 0 aliphatic rings. The highest BCUT2D eigenvalue weighted by atomic mass is 35.5. The van der Waals surface area contributed by atoms with E-state index < -0.39 is 7.26 Å². The first-order valence-corrected chi connectivity index (χ1v) is 13.9. The zero-order valence-corrected chi connectivity index (χ0v) is 20.8. The van der Waals surface area contributed by atoms with Crippen molar-refractivity contribution in [1.29, 1.82) is 0 Å². The molecule has 0 bridgehead atoms. The molecule has 0 unspecified atom stereocenters. The first-order chi connectivity index (χ1) is 16.7. The van der Waals surface area contributed by atoms with Gasteiger partial charge in [-0.1, -0.05) is 115 Å². The third-order valence-electron chi connectivity index (χ3n) is 6.48. The largest absolute Gasteiger partial charge is 0.182 e. The molecule has 0 aliphatic heterocycles. The summed E-state index contributed by atoms with van der Waals surface area (Å²) in [5, 5.41) is 3.61. The molecule has 0 aromatic heterocycles. The lowest BCUT2D eigenvalue weighted by molar-refractivity contribution is 1.32. The summed E-state index contributed by atoms with van der Waals surface area (Å²) in [5.74, 6) is 0. The maximum absolute atomic E-state index is 7.79. The van der Waals surface area contributed by atoms with E-state index in [2.05, 4.69) is 146 Å². The predicted octanol–water partition coefficient (Wildman–Crippen LogP) is 7.89. The quantitative estimate of drug-likeness (QED) is 0.172. The Bertz CT molecular complexity index is 1270. The van der Waals surface area contributed by atoms with Gasteiger partial charge in [-0.05, 0) is 60.0 Å². The first kappa shape index (κ1) is 22.6. The molecule has 0 spiro atoms. The second-order valence-electron chi connectivity index (χ2n) is 8.47. The van der Waals surface area contributed by atoms with Crippen LogP contribution in [0.25, 0.3) is 11.1 Å². The summed E-state index contributed by atoms with van der Waals surface area (Å²) in [6.45, 7) is 2.17. The number of alkyl halides is 1. The summed E-state index contributed by atoms with van der Waals surface area (Å²) in [6.07, 6.45) is 0. The predicted molar refractivity (Wildman–Crippen MR) is 150 cm³/mol. The van der Waals surface area contributed by atoms with Gasteiger partial charge >= 0.3 is 0 Å². The van der Waals surface area contributed by atoms with Crippen molar-refractivity contribution in [3.05, 3.63) is 151 Å². The lowest BCUT2D eigenvalue weighted by Gasteiger charge is -2.32. The van der Waals surface area contributed by atoms with Gasteiger partial charge in [0.05, 0.1) is 0 Å². The molecule has 0 radical (unpaired) electrons. The summed E-state index contributed by atoms with van der Waals surface area (Å²) < 4.78 is 0. The van der Waals surface area contributed by atoms with Crippen LogP contribution in [-0.4, -0.2) is 0 Å². The molecule has 0 amide bonds. The van der Waals surface area contributed by atoms with Crippen molar-refractivity contribution in [2.45, 2.75) is 12.0 Å². The number of rotatable bonds is 6. The van der Waals surface area contributed by atoms with Gasteiger partial charge in [-0.25, -0.2) is 0 Å². The van der Waals surface area contributed by atoms with E-state index in [1.54, 1.807) is 0 Å². The van der Waals surface area contributed by atoms with E-state index in [4.69, 9.17) is 11.6 Å². The molecule has 0 nitrogen and oxygen atoms in total. The Hall–Kier alpha value is -3.18. The summed E-state index contributed by atoms with van der Waals surface area (Å²) in [7, 11) is -2.26. The Labute approximate surface area is 208 Å². The van der Waals surface area contributed by atoms with E-state index in [-0.39, 0.29) is 5.12 Å². The Kier molecular flexibility index (Phi) is 6.63. The monoisotopic (exact) mass is 477 g/mol. The number of benzene rings is 5. The number of aryl methyl sites for hydroxylation is 1. The van der Waals surface area contributed by atoms with E-state index >= 15 is 0 Å². The topological polar surface area (TPSA) is 0 Å². The minimum atomic E-state index is -2.26. The summed E-state index contributed by atoms with van der Waals surface area (Å²) in [5.41, 5.74) is 4.86. The van der Waals surface area contributed by atoms with Crippen LogP contribution in [0.15, 0.2) is 140 Å². The molecule has 0 fully saturated rings. The zero-order valence-electron chi connectivity index (χ0n) is 19.2. The lowest BCUT2D eigenvalue weighted by atomic mass is 9.97. The van der Waals surface area contributed by atoms with Crippen LogP contribution in [0.5, 0.6) is 0 Å². The van der Waals surface area contributed by atoms with Crippen LogP contribution < -0.4 is 15.9 Å². The smallest absolute Gasteiger partial charge is 0.0720 e. The van der Waals surface area contributed by atoms with Crippen LogP contribution in [0.4, 0.5) is 0 Å². The number of halogens is 1. The van der Waals surface area contributed by atoms with Gasteiger partial charge in [0, 0.05) is 5.56 Å². The summed E-state index contributed by atoms with van der Waals surface area (Å²) >= 11 is 7.79. The maximum Gasteiger partial charge on any atom is 0.182 e.